The number of aromatic hydroxyl groups is 8. The Bertz CT molecular complexity index is 2850. The molecular formula is C42H26O9. The molecule has 0 amide bonds. The van der Waals surface area contributed by atoms with Crippen molar-refractivity contribution in [1.29, 1.82) is 0 Å². The molecule has 9 heteroatoms. The number of rotatable bonds is 3. The van der Waals surface area contributed by atoms with Gasteiger partial charge >= 0.3 is 0 Å². The molecule has 8 N–H and O–H groups in total. The number of benzene rings is 8. The summed E-state index contributed by atoms with van der Waals surface area (Å²) in [5.41, 5.74) is 3.25. The first-order chi connectivity index (χ1) is 24.7. The summed E-state index contributed by atoms with van der Waals surface area (Å²) in [6.45, 7) is 0. The zero-order valence-electron chi connectivity index (χ0n) is 26.4. The van der Waals surface area contributed by atoms with Crippen molar-refractivity contribution in [3.63, 3.8) is 0 Å². The van der Waals surface area contributed by atoms with Crippen LogP contribution in [0, 0.1) is 0 Å². The predicted molar refractivity (Wildman–Crippen MR) is 196 cm³/mol. The second-order valence-electron chi connectivity index (χ2n) is 12.5. The monoisotopic (exact) mass is 674 g/mol. The van der Waals surface area contributed by atoms with Crippen molar-refractivity contribution >= 4 is 54.3 Å². The van der Waals surface area contributed by atoms with Crippen molar-refractivity contribution in [3.05, 3.63) is 109 Å². The van der Waals surface area contributed by atoms with Crippen molar-refractivity contribution in [2.75, 3.05) is 0 Å². The second-order valence-corrected chi connectivity index (χ2v) is 12.5. The topological polar surface area (TPSA) is 175 Å². The molecule has 9 aromatic rings. The molecule has 248 valence electrons. The number of furan rings is 1. The van der Waals surface area contributed by atoms with Crippen molar-refractivity contribution in [1.82, 2.24) is 0 Å². The van der Waals surface area contributed by atoms with E-state index in [9.17, 15) is 40.9 Å². The van der Waals surface area contributed by atoms with Gasteiger partial charge in [-0.1, -0.05) is 91.0 Å². The Labute approximate surface area is 287 Å². The highest BCUT2D eigenvalue weighted by Crippen LogP contribution is 2.62. The Morgan fingerprint density at radius 1 is 0.333 bits per heavy atom. The Hall–Kier alpha value is -7.26. The Kier molecular flexibility index (Phi) is 6.21. The molecule has 0 aliphatic rings. The third kappa shape index (κ3) is 4.09. The molecule has 0 aliphatic carbocycles. The van der Waals surface area contributed by atoms with Gasteiger partial charge in [0.15, 0.2) is 23.0 Å². The molecule has 0 aliphatic heterocycles. The molecule has 1 heterocycles. The molecule has 0 spiro atoms. The van der Waals surface area contributed by atoms with E-state index in [1.165, 1.54) is 0 Å². The van der Waals surface area contributed by atoms with Gasteiger partial charge in [-0.05, 0) is 51.2 Å². The highest BCUT2D eigenvalue weighted by Gasteiger charge is 2.33. The van der Waals surface area contributed by atoms with Crippen molar-refractivity contribution < 1.29 is 45.3 Å². The first kappa shape index (κ1) is 29.8. The molecule has 51 heavy (non-hydrogen) atoms. The van der Waals surface area contributed by atoms with E-state index < -0.39 is 46.0 Å². The van der Waals surface area contributed by atoms with E-state index in [0.717, 1.165) is 21.9 Å². The summed E-state index contributed by atoms with van der Waals surface area (Å²) in [5.74, 6) is -7.50. The predicted octanol–water partition coefficient (Wildman–Crippen LogP) is 9.69. The zero-order valence-corrected chi connectivity index (χ0v) is 26.4. The number of hydrogen-bond donors (Lipinski definition) is 8. The SMILES string of the molecule is Oc1c(O)c(O)c2c(-c3cccc4oc5cc6ccccc6cc5c34)c3c(O)c(O)c(O)c(O)c3c(-c3ccc(-c4ccccc4)cc3)c2c1O. The first-order valence-corrected chi connectivity index (χ1v) is 15.9. The molecule has 0 radical (unpaired) electrons. The molecule has 9 nitrogen and oxygen atoms in total. The minimum atomic E-state index is -1.03. The molecule has 1 aromatic heterocycles. The van der Waals surface area contributed by atoms with Crippen LogP contribution in [0.3, 0.4) is 0 Å². The summed E-state index contributed by atoms with van der Waals surface area (Å²) in [6, 6.07) is 33.0. The average Bonchev–Trinajstić information content (AvgIpc) is 3.53. The van der Waals surface area contributed by atoms with Crippen LogP contribution in [0.5, 0.6) is 46.0 Å². The van der Waals surface area contributed by atoms with Crippen LogP contribution in [-0.4, -0.2) is 40.9 Å². The lowest BCUT2D eigenvalue weighted by Gasteiger charge is -2.23. The van der Waals surface area contributed by atoms with Crippen LogP contribution < -0.4 is 0 Å². The van der Waals surface area contributed by atoms with Crippen LogP contribution in [0.15, 0.2) is 114 Å². The standard InChI is InChI=1S/C42H26O9/c43-35-31-28(21-15-13-20(14-16-21)19-7-2-1-3-8-19)32-34(38(46)42(50)40(48)36(32)44)30(33(31)37(45)41(49)39(35)47)24-11-6-12-26-29(24)25-17-22-9-4-5-10-23(22)18-27(25)51-26/h1-18,43-50H. The minimum absolute atomic E-state index is 0.0233. The van der Waals surface area contributed by atoms with E-state index in [0.29, 0.717) is 33.1 Å². The maximum absolute atomic E-state index is 11.7. The van der Waals surface area contributed by atoms with Crippen LogP contribution in [0.2, 0.25) is 0 Å². The molecule has 0 unspecified atom stereocenters. The normalized spacial score (nSPS) is 11.8. The van der Waals surface area contributed by atoms with Gasteiger partial charge in [0.05, 0.1) is 0 Å². The van der Waals surface area contributed by atoms with Gasteiger partial charge in [0.1, 0.15) is 11.2 Å². The van der Waals surface area contributed by atoms with Gasteiger partial charge < -0.3 is 45.3 Å². The summed E-state index contributed by atoms with van der Waals surface area (Å²) >= 11 is 0. The quantitative estimate of drug-likeness (QED) is 0.0515. The summed E-state index contributed by atoms with van der Waals surface area (Å²) in [4.78, 5) is 0. The largest absolute Gasteiger partial charge is 0.504 e. The zero-order chi connectivity index (χ0) is 35.3. The van der Waals surface area contributed by atoms with E-state index in [2.05, 4.69) is 0 Å². The highest BCUT2D eigenvalue weighted by atomic mass is 16.4. The highest BCUT2D eigenvalue weighted by molar-refractivity contribution is 6.31. The van der Waals surface area contributed by atoms with Gasteiger partial charge in [-0.15, -0.1) is 0 Å². The molecule has 0 atom stereocenters. The average molecular weight is 675 g/mol. The van der Waals surface area contributed by atoms with Gasteiger partial charge in [-0.3, -0.25) is 0 Å². The summed E-state index contributed by atoms with van der Waals surface area (Å²) in [5, 5.41) is 92.5. The fraction of sp³-hybridized carbons (Fsp3) is 0. The van der Waals surface area contributed by atoms with Crippen LogP contribution in [0.1, 0.15) is 0 Å². The summed E-state index contributed by atoms with van der Waals surface area (Å²) in [7, 11) is 0. The minimum Gasteiger partial charge on any atom is -0.504 e. The number of phenols is 8. The summed E-state index contributed by atoms with van der Waals surface area (Å²) < 4.78 is 6.28. The molecular weight excluding hydrogens is 648 g/mol. The van der Waals surface area contributed by atoms with Gasteiger partial charge in [0.25, 0.3) is 0 Å². The molecule has 0 saturated carbocycles. The second kappa shape index (κ2) is 10.6. The molecule has 0 fully saturated rings. The third-order valence-corrected chi connectivity index (χ3v) is 9.71. The van der Waals surface area contributed by atoms with E-state index in [4.69, 9.17) is 4.42 Å². The van der Waals surface area contributed by atoms with Crippen molar-refractivity contribution in [3.8, 4) is 79.4 Å². The Balaban J connectivity index is 1.51. The lowest BCUT2D eigenvalue weighted by Crippen LogP contribution is -1.95. The number of phenolic OH excluding ortho intramolecular Hbond substituents is 8. The molecule has 8 aromatic carbocycles. The van der Waals surface area contributed by atoms with Crippen LogP contribution in [0.25, 0.3) is 87.6 Å². The lowest BCUT2D eigenvalue weighted by molar-refractivity contribution is 0.350. The van der Waals surface area contributed by atoms with Crippen molar-refractivity contribution in [2.45, 2.75) is 0 Å². The van der Waals surface area contributed by atoms with Gasteiger partial charge in [-0.25, -0.2) is 0 Å². The van der Waals surface area contributed by atoms with Gasteiger partial charge in [0.2, 0.25) is 23.0 Å². The van der Waals surface area contributed by atoms with Gasteiger partial charge in [0, 0.05) is 43.4 Å². The Morgan fingerprint density at radius 3 is 1.37 bits per heavy atom. The first-order valence-electron chi connectivity index (χ1n) is 15.9. The van der Waals surface area contributed by atoms with Crippen LogP contribution in [0.4, 0.5) is 0 Å². The van der Waals surface area contributed by atoms with Crippen LogP contribution >= 0.6 is 0 Å². The van der Waals surface area contributed by atoms with E-state index in [1.807, 2.05) is 66.7 Å². The Morgan fingerprint density at radius 2 is 0.804 bits per heavy atom. The van der Waals surface area contributed by atoms with E-state index in [-0.39, 0.29) is 32.7 Å². The lowest BCUT2D eigenvalue weighted by atomic mass is 9.82. The fourth-order valence-corrected chi connectivity index (χ4v) is 7.36. The number of fused-ring (bicyclic) bond motifs is 6. The number of hydrogen-bond acceptors (Lipinski definition) is 9. The smallest absolute Gasteiger partial charge is 0.204 e. The summed E-state index contributed by atoms with van der Waals surface area (Å²) in [6.07, 6.45) is 0. The molecule has 0 saturated heterocycles. The third-order valence-electron chi connectivity index (χ3n) is 9.71. The maximum atomic E-state index is 11.7. The molecule has 0 bridgehead atoms. The fourth-order valence-electron chi connectivity index (χ4n) is 7.36. The van der Waals surface area contributed by atoms with Gasteiger partial charge in [-0.2, -0.15) is 0 Å². The van der Waals surface area contributed by atoms with Crippen molar-refractivity contribution in [2.24, 2.45) is 0 Å². The van der Waals surface area contributed by atoms with E-state index in [1.54, 1.807) is 42.5 Å². The van der Waals surface area contributed by atoms with Crippen LogP contribution in [-0.2, 0) is 0 Å². The maximum Gasteiger partial charge on any atom is 0.204 e. The molecule has 9 rings (SSSR count). The van der Waals surface area contributed by atoms with E-state index >= 15 is 0 Å².